The fourth-order valence-corrected chi connectivity index (χ4v) is 0.250. The Morgan fingerprint density at radius 2 is 1.57 bits per heavy atom. The molecule has 0 aromatic carbocycles. The molecule has 0 nitrogen and oxygen atoms in total. The zero-order valence-corrected chi connectivity index (χ0v) is 5.62. The van der Waals surface area contributed by atoms with E-state index in [4.69, 9.17) is 0 Å². The van der Waals surface area contributed by atoms with Crippen molar-refractivity contribution in [3.63, 3.8) is 0 Å². The molecule has 0 aliphatic heterocycles. The highest BCUT2D eigenvalue weighted by molar-refractivity contribution is 4.71. The molecule has 0 aliphatic carbocycles. The van der Waals surface area contributed by atoms with Gasteiger partial charge in [-0.1, -0.05) is 33.6 Å². The average Bonchev–Trinajstić information content (AvgIpc) is 1.68. The van der Waals surface area contributed by atoms with Crippen molar-refractivity contribution in [1.82, 2.24) is 0 Å². The molecular formula is C7H15-. The predicted octanol–water partition coefficient (Wildman–Crippen LogP) is 2.65. The van der Waals surface area contributed by atoms with Gasteiger partial charge in [-0.25, -0.2) is 0 Å². The lowest BCUT2D eigenvalue weighted by molar-refractivity contribution is 0.391. The molecule has 0 radical (unpaired) electrons. The van der Waals surface area contributed by atoms with Gasteiger partial charge in [0.15, 0.2) is 0 Å². The van der Waals surface area contributed by atoms with Crippen LogP contribution >= 0.6 is 0 Å². The minimum absolute atomic E-state index is 0.333. The Hall–Kier alpha value is 0. The van der Waals surface area contributed by atoms with Gasteiger partial charge in [-0.3, -0.25) is 0 Å². The molecule has 0 unspecified atom stereocenters. The summed E-state index contributed by atoms with van der Waals surface area (Å²) >= 11 is 0. The minimum Gasteiger partial charge on any atom is -0.337 e. The first kappa shape index (κ1) is 7.00. The van der Waals surface area contributed by atoms with Crippen LogP contribution in [0.25, 0.3) is 0 Å². The van der Waals surface area contributed by atoms with Crippen LogP contribution in [0.2, 0.25) is 0 Å². The van der Waals surface area contributed by atoms with Gasteiger partial charge in [0.1, 0.15) is 0 Å². The molecule has 44 valence electrons. The number of rotatable bonds is 2. The third kappa shape index (κ3) is 2.67. The van der Waals surface area contributed by atoms with E-state index in [2.05, 4.69) is 27.7 Å². The molecule has 0 spiro atoms. The van der Waals surface area contributed by atoms with Gasteiger partial charge in [0.05, 0.1) is 0 Å². The second kappa shape index (κ2) is 2.34. The predicted molar refractivity (Wildman–Crippen MR) is 34.0 cm³/mol. The van der Waals surface area contributed by atoms with E-state index in [9.17, 15) is 0 Å². The second-order valence-electron chi connectivity index (χ2n) is 2.52. The standard InChI is InChI=1S/C7H15/c1-5-7(3,4)6-2/h3,5-6H2,1-2,4H3/q-1. The van der Waals surface area contributed by atoms with Gasteiger partial charge in [-0.2, -0.15) is 5.41 Å². The van der Waals surface area contributed by atoms with Crippen LogP contribution < -0.4 is 0 Å². The van der Waals surface area contributed by atoms with E-state index in [1.165, 1.54) is 12.8 Å². The normalized spacial score (nSPS) is 12.0. The molecular weight excluding hydrogens is 84.1 g/mol. The van der Waals surface area contributed by atoms with Gasteiger partial charge in [0.2, 0.25) is 0 Å². The van der Waals surface area contributed by atoms with Crippen molar-refractivity contribution < 1.29 is 0 Å². The van der Waals surface area contributed by atoms with Crippen LogP contribution in [0.5, 0.6) is 0 Å². The van der Waals surface area contributed by atoms with Crippen LogP contribution in [0.4, 0.5) is 0 Å². The van der Waals surface area contributed by atoms with E-state index >= 15 is 0 Å². The van der Waals surface area contributed by atoms with Gasteiger partial charge in [0.25, 0.3) is 0 Å². The highest BCUT2D eigenvalue weighted by Crippen LogP contribution is 2.22. The zero-order chi connectivity index (χ0) is 5.91. The molecule has 0 N–H and O–H groups in total. The second-order valence-corrected chi connectivity index (χ2v) is 2.52. The first-order valence-electron chi connectivity index (χ1n) is 2.97. The van der Waals surface area contributed by atoms with Crippen LogP contribution in [0, 0.1) is 12.3 Å². The largest absolute Gasteiger partial charge is 0.337 e. The van der Waals surface area contributed by atoms with Crippen molar-refractivity contribution in [2.75, 3.05) is 0 Å². The minimum atomic E-state index is 0.333. The average molecular weight is 99.2 g/mol. The fraction of sp³-hybridized carbons (Fsp3) is 0.857. The van der Waals surface area contributed by atoms with Gasteiger partial charge < -0.3 is 6.92 Å². The van der Waals surface area contributed by atoms with Crippen LogP contribution in [-0.4, -0.2) is 0 Å². The summed E-state index contributed by atoms with van der Waals surface area (Å²) in [4.78, 5) is 0. The highest BCUT2D eigenvalue weighted by Gasteiger charge is 2.00. The van der Waals surface area contributed by atoms with Crippen molar-refractivity contribution in [3.05, 3.63) is 6.92 Å². The molecule has 0 fully saturated rings. The maximum atomic E-state index is 4.01. The van der Waals surface area contributed by atoms with Crippen molar-refractivity contribution in [1.29, 1.82) is 0 Å². The summed E-state index contributed by atoms with van der Waals surface area (Å²) in [6, 6.07) is 0. The van der Waals surface area contributed by atoms with Crippen molar-refractivity contribution in [2.24, 2.45) is 5.41 Å². The van der Waals surface area contributed by atoms with Gasteiger partial charge in [-0.15, -0.1) is 0 Å². The summed E-state index contributed by atoms with van der Waals surface area (Å²) in [7, 11) is 0. The number of hydrogen-bond acceptors (Lipinski definition) is 0. The first-order valence-corrected chi connectivity index (χ1v) is 2.97. The monoisotopic (exact) mass is 99.1 g/mol. The van der Waals surface area contributed by atoms with E-state index in [-0.39, 0.29) is 0 Å². The lowest BCUT2D eigenvalue weighted by Crippen LogP contribution is -2.06. The maximum Gasteiger partial charge on any atom is -0.0673 e. The Labute approximate surface area is 46.9 Å². The lowest BCUT2D eigenvalue weighted by atomic mass is 9.88. The molecule has 0 aliphatic rings. The number of hydrogen-bond donors (Lipinski definition) is 0. The first-order chi connectivity index (χ1) is 3.12. The lowest BCUT2D eigenvalue weighted by Gasteiger charge is -2.28. The molecule has 0 rings (SSSR count). The molecule has 0 aromatic heterocycles. The quantitative estimate of drug-likeness (QED) is 0.467. The molecule has 0 amide bonds. The Bertz CT molecular complexity index is 38.0. The summed E-state index contributed by atoms with van der Waals surface area (Å²) in [6.07, 6.45) is 2.37. The van der Waals surface area contributed by atoms with Crippen LogP contribution in [0.15, 0.2) is 0 Å². The SMILES string of the molecule is [CH2-]C(C)(CC)CC. The molecule has 7 heavy (non-hydrogen) atoms. The third-order valence-corrected chi connectivity index (χ3v) is 1.71. The fourth-order valence-electron chi connectivity index (χ4n) is 0.250. The molecule has 0 atom stereocenters. The molecule has 0 aromatic rings. The van der Waals surface area contributed by atoms with Crippen molar-refractivity contribution in [3.8, 4) is 0 Å². The third-order valence-electron chi connectivity index (χ3n) is 1.71. The van der Waals surface area contributed by atoms with E-state index in [1.54, 1.807) is 0 Å². The molecule has 0 bridgehead atoms. The van der Waals surface area contributed by atoms with E-state index in [0.29, 0.717) is 5.41 Å². The Morgan fingerprint density at radius 3 is 1.57 bits per heavy atom. The molecule has 0 heteroatoms. The summed E-state index contributed by atoms with van der Waals surface area (Å²) in [6.45, 7) is 10.5. The van der Waals surface area contributed by atoms with Crippen LogP contribution in [0.1, 0.15) is 33.6 Å². The maximum absolute atomic E-state index is 4.01. The molecule has 0 saturated carbocycles. The van der Waals surface area contributed by atoms with Crippen LogP contribution in [-0.2, 0) is 0 Å². The van der Waals surface area contributed by atoms with Crippen molar-refractivity contribution >= 4 is 0 Å². The summed E-state index contributed by atoms with van der Waals surface area (Å²) in [5, 5.41) is 0. The van der Waals surface area contributed by atoms with E-state index < -0.39 is 0 Å². The molecule has 0 heterocycles. The van der Waals surface area contributed by atoms with Gasteiger partial charge in [-0.05, 0) is 0 Å². The summed E-state index contributed by atoms with van der Waals surface area (Å²) in [5.74, 6) is 0. The smallest absolute Gasteiger partial charge is 0.0673 e. The summed E-state index contributed by atoms with van der Waals surface area (Å²) < 4.78 is 0. The Balaban J connectivity index is 3.36. The molecule has 0 saturated heterocycles. The zero-order valence-electron chi connectivity index (χ0n) is 5.62. The topological polar surface area (TPSA) is 0 Å². The van der Waals surface area contributed by atoms with Gasteiger partial charge in [0, 0.05) is 0 Å². The van der Waals surface area contributed by atoms with Crippen LogP contribution in [0.3, 0.4) is 0 Å². The Morgan fingerprint density at radius 1 is 1.29 bits per heavy atom. The summed E-state index contributed by atoms with van der Waals surface area (Å²) in [5.41, 5.74) is 0.333. The van der Waals surface area contributed by atoms with E-state index in [0.717, 1.165) is 0 Å². The highest BCUT2D eigenvalue weighted by atomic mass is 14.1. The van der Waals surface area contributed by atoms with Crippen molar-refractivity contribution in [2.45, 2.75) is 33.6 Å². The Kier molecular flexibility index (Phi) is 2.34. The van der Waals surface area contributed by atoms with E-state index in [1.807, 2.05) is 0 Å². The van der Waals surface area contributed by atoms with Gasteiger partial charge >= 0.3 is 0 Å².